The number of aryl methyl sites for hydroxylation is 1. The Morgan fingerprint density at radius 1 is 1.36 bits per heavy atom. The molecule has 1 heterocycles. The summed E-state index contributed by atoms with van der Waals surface area (Å²) in [5, 5.41) is 1.08. The van der Waals surface area contributed by atoms with Crippen molar-refractivity contribution in [1.82, 2.24) is 4.98 Å². The average Bonchev–Trinajstić information content (AvgIpc) is 2.43. The van der Waals surface area contributed by atoms with Crippen LogP contribution in [0.5, 0.6) is 0 Å². The van der Waals surface area contributed by atoms with E-state index in [2.05, 4.69) is 10.4 Å². The van der Waals surface area contributed by atoms with Crippen molar-refractivity contribution in [2.45, 2.75) is 6.92 Å². The molecule has 0 bridgehead atoms. The molecule has 0 unspecified atom stereocenters. The minimum atomic E-state index is 0. The molecule has 1 aromatic carbocycles. The van der Waals surface area contributed by atoms with E-state index in [9.17, 15) is 0 Å². The predicted octanol–water partition coefficient (Wildman–Crippen LogP) is 2.73. The van der Waals surface area contributed by atoms with E-state index < -0.39 is 0 Å². The summed E-state index contributed by atoms with van der Waals surface area (Å²) in [6.07, 6.45) is 0. The minimum absolute atomic E-state index is 0. The number of fused-ring (bicyclic) bond motifs is 1. The van der Waals surface area contributed by atoms with Gasteiger partial charge in [0.25, 0.3) is 0 Å². The average molecular weight is 252 g/mol. The van der Waals surface area contributed by atoms with Gasteiger partial charge in [0.15, 0.2) is 0 Å². The molecule has 2 aromatic rings. The van der Waals surface area contributed by atoms with Gasteiger partial charge in [-0.25, -0.2) is 4.98 Å². The second-order valence-electron chi connectivity index (χ2n) is 2.56. The molecule has 2 rings (SSSR count). The molecular formula is C8H11Cl2N3S. The standard InChI is InChI=1S/C8H9N3S.2ClH/c1-5-10-7-4-6(11-9)2-3-8(7)12-5;;/h2-4,11H,9H2,1H3;2*1H. The van der Waals surface area contributed by atoms with Crippen LogP contribution in [0.15, 0.2) is 18.2 Å². The molecule has 0 saturated heterocycles. The van der Waals surface area contributed by atoms with Crippen LogP contribution in [-0.2, 0) is 0 Å². The number of rotatable bonds is 1. The first kappa shape index (κ1) is 13.4. The number of nitrogen functional groups attached to an aromatic ring is 1. The number of halogens is 2. The molecule has 1 aromatic heterocycles. The predicted molar refractivity (Wildman–Crippen MR) is 66.7 cm³/mol. The van der Waals surface area contributed by atoms with Gasteiger partial charge in [0.1, 0.15) is 0 Å². The second kappa shape index (κ2) is 5.36. The quantitative estimate of drug-likeness (QED) is 0.606. The van der Waals surface area contributed by atoms with Gasteiger partial charge in [-0.1, -0.05) is 0 Å². The maximum atomic E-state index is 5.27. The van der Waals surface area contributed by atoms with Crippen molar-refractivity contribution < 1.29 is 0 Å². The largest absolute Gasteiger partial charge is 0.324 e. The summed E-state index contributed by atoms with van der Waals surface area (Å²) in [7, 11) is 0. The van der Waals surface area contributed by atoms with E-state index in [0.717, 1.165) is 16.2 Å². The van der Waals surface area contributed by atoms with Crippen molar-refractivity contribution in [3.8, 4) is 0 Å². The molecule has 0 aliphatic rings. The van der Waals surface area contributed by atoms with Gasteiger partial charge in [-0.15, -0.1) is 36.2 Å². The summed E-state index contributed by atoms with van der Waals surface area (Å²) < 4.78 is 1.20. The van der Waals surface area contributed by atoms with Crippen LogP contribution in [0, 0.1) is 6.92 Å². The molecule has 0 spiro atoms. The Labute approximate surface area is 98.5 Å². The van der Waals surface area contributed by atoms with Crippen LogP contribution in [0.4, 0.5) is 5.69 Å². The molecule has 0 atom stereocenters. The lowest BCUT2D eigenvalue weighted by Crippen LogP contribution is -2.05. The van der Waals surface area contributed by atoms with Gasteiger partial charge in [-0.05, 0) is 25.1 Å². The zero-order chi connectivity index (χ0) is 8.55. The fourth-order valence-electron chi connectivity index (χ4n) is 1.13. The van der Waals surface area contributed by atoms with E-state index in [1.165, 1.54) is 4.70 Å². The number of nitrogens with one attached hydrogen (secondary N) is 1. The highest BCUT2D eigenvalue weighted by molar-refractivity contribution is 7.18. The molecule has 0 radical (unpaired) electrons. The van der Waals surface area contributed by atoms with Crippen LogP contribution in [0.3, 0.4) is 0 Å². The minimum Gasteiger partial charge on any atom is -0.324 e. The monoisotopic (exact) mass is 251 g/mol. The number of anilines is 1. The number of benzene rings is 1. The first-order valence-corrected chi connectivity index (χ1v) is 4.45. The lowest BCUT2D eigenvalue weighted by Gasteiger charge is -1.96. The molecule has 0 aliphatic heterocycles. The number of thiazole rings is 1. The Morgan fingerprint density at radius 2 is 2.07 bits per heavy atom. The molecule has 78 valence electrons. The van der Waals surface area contributed by atoms with E-state index in [-0.39, 0.29) is 24.8 Å². The topological polar surface area (TPSA) is 50.9 Å². The zero-order valence-electron chi connectivity index (χ0n) is 7.48. The Kier molecular flexibility index (Phi) is 5.15. The first-order chi connectivity index (χ1) is 5.79. The Hall–Kier alpha value is -0.550. The van der Waals surface area contributed by atoms with Crippen molar-refractivity contribution >= 4 is 52.1 Å². The second-order valence-corrected chi connectivity index (χ2v) is 3.79. The third-order valence-electron chi connectivity index (χ3n) is 1.66. The summed E-state index contributed by atoms with van der Waals surface area (Å²) in [6.45, 7) is 2.00. The number of aromatic nitrogens is 1. The SMILES string of the molecule is Cc1nc2cc(NN)ccc2s1.Cl.Cl. The molecule has 0 fully saturated rings. The van der Waals surface area contributed by atoms with Gasteiger partial charge in [-0.2, -0.15) is 0 Å². The number of nitrogens with zero attached hydrogens (tertiary/aromatic N) is 1. The Bertz CT molecular complexity index is 416. The highest BCUT2D eigenvalue weighted by atomic mass is 35.5. The summed E-state index contributed by atoms with van der Waals surface area (Å²) >= 11 is 1.69. The molecule has 0 aliphatic carbocycles. The summed E-state index contributed by atoms with van der Waals surface area (Å²) in [5.41, 5.74) is 4.50. The van der Waals surface area contributed by atoms with Crippen LogP contribution in [0.1, 0.15) is 5.01 Å². The lowest BCUT2D eigenvalue weighted by molar-refractivity contribution is 1.33. The molecule has 14 heavy (non-hydrogen) atoms. The highest BCUT2D eigenvalue weighted by Crippen LogP contribution is 2.23. The summed E-state index contributed by atoms with van der Waals surface area (Å²) in [6, 6.07) is 5.91. The number of hydrazine groups is 1. The molecular weight excluding hydrogens is 241 g/mol. The smallest absolute Gasteiger partial charge is 0.0907 e. The van der Waals surface area contributed by atoms with E-state index in [4.69, 9.17) is 5.84 Å². The number of nitrogens with two attached hydrogens (primary N) is 1. The van der Waals surface area contributed by atoms with Gasteiger partial charge in [0.05, 0.1) is 20.9 Å². The number of hydrogen-bond acceptors (Lipinski definition) is 4. The molecule has 3 nitrogen and oxygen atoms in total. The maximum absolute atomic E-state index is 5.27. The first-order valence-electron chi connectivity index (χ1n) is 3.63. The van der Waals surface area contributed by atoms with Crippen molar-refractivity contribution in [3.05, 3.63) is 23.2 Å². The Morgan fingerprint density at radius 3 is 2.71 bits per heavy atom. The summed E-state index contributed by atoms with van der Waals surface area (Å²) in [4.78, 5) is 4.34. The van der Waals surface area contributed by atoms with Crippen LogP contribution >= 0.6 is 36.2 Å². The van der Waals surface area contributed by atoms with Crippen LogP contribution < -0.4 is 11.3 Å². The maximum Gasteiger partial charge on any atom is 0.0907 e. The van der Waals surface area contributed by atoms with E-state index in [0.29, 0.717) is 0 Å². The lowest BCUT2D eigenvalue weighted by atomic mass is 10.3. The van der Waals surface area contributed by atoms with Crippen LogP contribution in [-0.4, -0.2) is 4.98 Å². The van der Waals surface area contributed by atoms with Crippen LogP contribution in [0.2, 0.25) is 0 Å². The van der Waals surface area contributed by atoms with Gasteiger partial charge in [0, 0.05) is 0 Å². The van der Waals surface area contributed by atoms with Crippen molar-refractivity contribution in [1.29, 1.82) is 0 Å². The van der Waals surface area contributed by atoms with Gasteiger partial charge in [0.2, 0.25) is 0 Å². The fourth-order valence-corrected chi connectivity index (χ4v) is 1.94. The highest BCUT2D eigenvalue weighted by Gasteiger charge is 1.99. The third kappa shape index (κ3) is 2.48. The summed E-state index contributed by atoms with van der Waals surface area (Å²) in [5.74, 6) is 5.27. The van der Waals surface area contributed by atoms with E-state index in [1.54, 1.807) is 11.3 Å². The molecule has 3 N–H and O–H groups in total. The molecule has 0 amide bonds. The number of hydrogen-bond donors (Lipinski definition) is 2. The van der Waals surface area contributed by atoms with Crippen molar-refractivity contribution in [3.63, 3.8) is 0 Å². The molecule has 6 heteroatoms. The van der Waals surface area contributed by atoms with Gasteiger partial charge >= 0.3 is 0 Å². The normalized spacial score (nSPS) is 9.00. The fraction of sp³-hybridized carbons (Fsp3) is 0.125. The zero-order valence-corrected chi connectivity index (χ0v) is 9.93. The third-order valence-corrected chi connectivity index (χ3v) is 2.61. The Balaban J connectivity index is 0.000000845. The van der Waals surface area contributed by atoms with Gasteiger partial charge in [-0.3, -0.25) is 5.84 Å². The van der Waals surface area contributed by atoms with Gasteiger partial charge < -0.3 is 5.43 Å². The van der Waals surface area contributed by atoms with E-state index >= 15 is 0 Å². The van der Waals surface area contributed by atoms with Crippen LogP contribution in [0.25, 0.3) is 10.2 Å². The van der Waals surface area contributed by atoms with Crippen molar-refractivity contribution in [2.24, 2.45) is 5.84 Å². The van der Waals surface area contributed by atoms with E-state index in [1.807, 2.05) is 25.1 Å². The van der Waals surface area contributed by atoms with Crippen molar-refractivity contribution in [2.75, 3.05) is 5.43 Å². The molecule has 0 saturated carbocycles.